The maximum absolute atomic E-state index is 11.2. The summed E-state index contributed by atoms with van der Waals surface area (Å²) in [5.74, 6) is -0.688. The molecule has 0 atom stereocenters. The van der Waals surface area contributed by atoms with Crippen molar-refractivity contribution < 1.29 is 14.5 Å². The topological polar surface area (TPSA) is 69.4 Å². The van der Waals surface area contributed by atoms with Gasteiger partial charge in [-0.3, -0.25) is 10.1 Å². The second kappa shape index (κ2) is 4.27. The third-order valence-corrected chi connectivity index (χ3v) is 2.20. The van der Waals surface area contributed by atoms with E-state index in [1.165, 1.54) is 19.2 Å². The first kappa shape index (κ1) is 11.5. The highest BCUT2D eigenvalue weighted by Crippen LogP contribution is 2.29. The first-order chi connectivity index (χ1) is 6.97. The average Bonchev–Trinajstić information content (AvgIpc) is 2.19. The van der Waals surface area contributed by atoms with Gasteiger partial charge in [0.25, 0.3) is 5.69 Å². The summed E-state index contributed by atoms with van der Waals surface area (Å²) in [6, 6.07) is 2.75. The van der Waals surface area contributed by atoms with Crippen molar-refractivity contribution in [3.63, 3.8) is 0 Å². The molecule has 0 saturated heterocycles. The Kier molecular flexibility index (Phi) is 3.26. The number of carbonyl (C=O) groups is 1. The Morgan fingerprint density at radius 1 is 1.53 bits per heavy atom. The lowest BCUT2D eigenvalue weighted by atomic mass is 10.1. The van der Waals surface area contributed by atoms with Crippen molar-refractivity contribution in [2.75, 3.05) is 7.11 Å². The number of hydrogen-bond donors (Lipinski definition) is 0. The molecule has 0 aliphatic rings. The molecule has 0 aliphatic carbocycles. The summed E-state index contributed by atoms with van der Waals surface area (Å²) in [6.07, 6.45) is 0. The fraction of sp³-hybridized carbons (Fsp3) is 0.222. The summed E-state index contributed by atoms with van der Waals surface area (Å²) in [7, 11) is 1.19. The van der Waals surface area contributed by atoms with Crippen LogP contribution in [0.25, 0.3) is 0 Å². The molecule has 1 aromatic carbocycles. The molecule has 15 heavy (non-hydrogen) atoms. The third-order valence-electron chi connectivity index (χ3n) is 1.80. The summed E-state index contributed by atoms with van der Waals surface area (Å²) < 4.78 is 4.46. The molecular weight excluding hydrogens is 222 g/mol. The molecule has 1 aromatic rings. The molecule has 0 radical (unpaired) electrons. The van der Waals surface area contributed by atoms with Gasteiger partial charge in [0.05, 0.1) is 17.6 Å². The highest BCUT2D eigenvalue weighted by molar-refractivity contribution is 6.35. The predicted molar refractivity (Wildman–Crippen MR) is 54.2 cm³/mol. The van der Waals surface area contributed by atoms with Crippen LogP contribution in [0.2, 0.25) is 5.02 Å². The number of methoxy groups -OCH3 is 1. The number of nitro groups is 1. The van der Waals surface area contributed by atoms with Crippen LogP contribution < -0.4 is 0 Å². The number of ether oxygens (including phenoxy) is 1. The first-order valence-electron chi connectivity index (χ1n) is 4.00. The zero-order chi connectivity index (χ0) is 11.6. The molecule has 0 aliphatic heterocycles. The van der Waals surface area contributed by atoms with Crippen molar-refractivity contribution in [3.8, 4) is 0 Å². The minimum Gasteiger partial charge on any atom is -0.465 e. The molecule has 0 bridgehead atoms. The van der Waals surface area contributed by atoms with E-state index in [9.17, 15) is 14.9 Å². The smallest absolute Gasteiger partial charge is 0.339 e. The van der Waals surface area contributed by atoms with Crippen LogP contribution in [0.15, 0.2) is 12.1 Å². The number of hydrogen-bond acceptors (Lipinski definition) is 4. The molecule has 1 rings (SSSR count). The van der Waals surface area contributed by atoms with Gasteiger partial charge in [0.15, 0.2) is 0 Å². The number of esters is 1. The zero-order valence-electron chi connectivity index (χ0n) is 8.11. The molecule has 0 saturated carbocycles. The van der Waals surface area contributed by atoms with Crippen LogP contribution in [0, 0.1) is 17.0 Å². The number of carbonyl (C=O) groups excluding carboxylic acids is 1. The number of halogens is 1. The van der Waals surface area contributed by atoms with Gasteiger partial charge in [-0.1, -0.05) is 11.6 Å². The number of nitro benzene ring substituents is 1. The van der Waals surface area contributed by atoms with Crippen molar-refractivity contribution in [2.45, 2.75) is 6.92 Å². The Labute approximate surface area is 90.8 Å². The maximum Gasteiger partial charge on any atom is 0.339 e. The van der Waals surface area contributed by atoms with E-state index in [-0.39, 0.29) is 16.3 Å². The Balaban J connectivity index is 3.41. The second-order valence-electron chi connectivity index (χ2n) is 2.89. The van der Waals surface area contributed by atoms with Gasteiger partial charge in [-0.05, 0) is 18.6 Å². The molecule has 80 valence electrons. The van der Waals surface area contributed by atoms with E-state index in [1.807, 2.05) is 0 Å². The Morgan fingerprint density at radius 2 is 2.13 bits per heavy atom. The minimum absolute atomic E-state index is 0.00543. The highest BCUT2D eigenvalue weighted by atomic mass is 35.5. The van der Waals surface area contributed by atoms with E-state index >= 15 is 0 Å². The van der Waals surface area contributed by atoms with Gasteiger partial charge >= 0.3 is 5.97 Å². The molecule has 0 N–H and O–H groups in total. The molecule has 0 heterocycles. The average molecular weight is 230 g/mol. The standard InChI is InChI=1S/C9H8ClNO4/c1-5-3-6(9(12)15-2)8(10)7(4-5)11(13)14/h3-4H,1-2H3. The number of aryl methyl sites for hydroxylation is 1. The quantitative estimate of drug-likeness (QED) is 0.443. The van der Waals surface area contributed by atoms with Crippen LogP contribution in [0.3, 0.4) is 0 Å². The van der Waals surface area contributed by atoms with Crippen LogP contribution in [-0.4, -0.2) is 18.0 Å². The van der Waals surface area contributed by atoms with Crippen molar-refractivity contribution >= 4 is 23.3 Å². The van der Waals surface area contributed by atoms with Crippen LogP contribution in [-0.2, 0) is 4.74 Å². The Bertz CT molecular complexity index is 430. The first-order valence-corrected chi connectivity index (χ1v) is 4.38. The predicted octanol–water partition coefficient (Wildman–Crippen LogP) is 2.34. The molecule has 0 unspecified atom stereocenters. The van der Waals surface area contributed by atoms with Crippen molar-refractivity contribution in [3.05, 3.63) is 38.4 Å². The maximum atomic E-state index is 11.2. The number of benzene rings is 1. The van der Waals surface area contributed by atoms with Gasteiger partial charge in [-0.25, -0.2) is 4.79 Å². The summed E-state index contributed by atoms with van der Waals surface area (Å²) in [4.78, 5) is 21.2. The molecular formula is C9H8ClNO4. The SMILES string of the molecule is COC(=O)c1cc(C)cc([N+](=O)[O-])c1Cl. The molecule has 0 spiro atoms. The third kappa shape index (κ3) is 2.24. The molecule has 6 heteroatoms. The Morgan fingerprint density at radius 3 is 2.60 bits per heavy atom. The molecule has 0 fully saturated rings. The fourth-order valence-corrected chi connectivity index (χ4v) is 1.40. The summed E-state index contributed by atoms with van der Waals surface area (Å²) >= 11 is 5.71. The fourth-order valence-electron chi connectivity index (χ4n) is 1.14. The molecule has 0 amide bonds. The van der Waals surface area contributed by atoms with Gasteiger partial charge in [0.2, 0.25) is 0 Å². The van der Waals surface area contributed by atoms with E-state index in [1.54, 1.807) is 6.92 Å². The van der Waals surface area contributed by atoms with Crippen LogP contribution in [0.5, 0.6) is 0 Å². The monoisotopic (exact) mass is 229 g/mol. The lowest BCUT2D eigenvalue weighted by Crippen LogP contribution is -2.04. The highest BCUT2D eigenvalue weighted by Gasteiger charge is 2.21. The van der Waals surface area contributed by atoms with Gasteiger partial charge in [-0.2, -0.15) is 0 Å². The van der Waals surface area contributed by atoms with E-state index in [4.69, 9.17) is 11.6 Å². The zero-order valence-corrected chi connectivity index (χ0v) is 8.87. The lowest BCUT2D eigenvalue weighted by molar-refractivity contribution is -0.384. The van der Waals surface area contributed by atoms with Crippen molar-refractivity contribution in [1.82, 2.24) is 0 Å². The van der Waals surface area contributed by atoms with Gasteiger partial charge in [0.1, 0.15) is 5.02 Å². The van der Waals surface area contributed by atoms with Crippen LogP contribution >= 0.6 is 11.6 Å². The van der Waals surface area contributed by atoms with Crippen molar-refractivity contribution in [2.24, 2.45) is 0 Å². The van der Waals surface area contributed by atoms with Gasteiger partial charge < -0.3 is 4.74 Å². The molecule has 5 nitrogen and oxygen atoms in total. The van der Waals surface area contributed by atoms with Crippen LogP contribution in [0.1, 0.15) is 15.9 Å². The van der Waals surface area contributed by atoms with Gasteiger partial charge in [0, 0.05) is 6.07 Å². The lowest BCUT2D eigenvalue weighted by Gasteiger charge is -2.04. The van der Waals surface area contributed by atoms with Crippen molar-refractivity contribution in [1.29, 1.82) is 0 Å². The molecule has 0 aromatic heterocycles. The Hall–Kier alpha value is -1.62. The number of nitrogens with zero attached hydrogens (tertiary/aromatic N) is 1. The normalized spacial score (nSPS) is 9.80. The van der Waals surface area contributed by atoms with E-state index in [0.717, 1.165) is 0 Å². The van der Waals surface area contributed by atoms with E-state index in [0.29, 0.717) is 5.56 Å². The second-order valence-corrected chi connectivity index (χ2v) is 3.27. The summed E-state index contributed by atoms with van der Waals surface area (Å²) in [5.41, 5.74) is 0.287. The van der Waals surface area contributed by atoms with E-state index in [2.05, 4.69) is 4.74 Å². The summed E-state index contributed by atoms with van der Waals surface area (Å²) in [5, 5.41) is 10.4. The largest absolute Gasteiger partial charge is 0.465 e. The summed E-state index contributed by atoms with van der Waals surface area (Å²) in [6.45, 7) is 1.63. The minimum atomic E-state index is -0.688. The van der Waals surface area contributed by atoms with E-state index < -0.39 is 10.9 Å². The van der Waals surface area contributed by atoms with Crippen LogP contribution in [0.4, 0.5) is 5.69 Å². The van der Waals surface area contributed by atoms with Gasteiger partial charge in [-0.15, -0.1) is 0 Å². The number of rotatable bonds is 2.